The third-order valence-electron chi connectivity index (χ3n) is 3.29. The number of hydrogen-bond acceptors (Lipinski definition) is 5. The number of rotatable bonds is 4. The predicted octanol–water partition coefficient (Wildman–Crippen LogP) is 2.02. The number of fused-ring (bicyclic) bond motifs is 1. The first-order valence-corrected chi connectivity index (χ1v) is 8.24. The summed E-state index contributed by atoms with van der Waals surface area (Å²) in [5.74, 6) is 0.544. The zero-order valence-corrected chi connectivity index (χ0v) is 12.7. The summed E-state index contributed by atoms with van der Waals surface area (Å²) in [6.45, 7) is 0.244. The topological polar surface area (TPSA) is 99.6 Å². The van der Waals surface area contributed by atoms with Crippen molar-refractivity contribution in [1.29, 1.82) is 0 Å². The molecule has 23 heavy (non-hydrogen) atoms. The van der Waals surface area contributed by atoms with Crippen molar-refractivity contribution in [2.45, 2.75) is 11.5 Å². The molecule has 3 rings (SSSR count). The molecule has 118 valence electrons. The molecule has 0 aliphatic rings. The monoisotopic (exact) mass is 331 g/mol. The Morgan fingerprint density at radius 2 is 1.78 bits per heavy atom. The summed E-state index contributed by atoms with van der Waals surface area (Å²) in [5, 5.41) is 5.53. The summed E-state index contributed by atoms with van der Waals surface area (Å²) in [6, 6.07) is 12.4. The number of ether oxygens (including phenoxy) is 1. The maximum atomic E-state index is 11.6. The first-order valence-electron chi connectivity index (χ1n) is 6.69. The molecule has 0 saturated heterocycles. The lowest BCUT2D eigenvalue weighted by Gasteiger charge is -2.07. The van der Waals surface area contributed by atoms with Gasteiger partial charge >= 0.3 is 0 Å². The number of benzene rings is 2. The average molecular weight is 331 g/mol. The van der Waals surface area contributed by atoms with Crippen molar-refractivity contribution in [3.8, 4) is 5.75 Å². The zero-order valence-electron chi connectivity index (χ0n) is 11.9. The molecule has 0 unspecified atom stereocenters. The Kier molecular flexibility index (Phi) is 3.89. The third kappa shape index (κ3) is 3.41. The van der Waals surface area contributed by atoms with E-state index in [-0.39, 0.29) is 16.9 Å². The Balaban J connectivity index is 1.77. The highest BCUT2D eigenvalue weighted by Gasteiger charge is 2.07. The van der Waals surface area contributed by atoms with E-state index in [0.29, 0.717) is 16.7 Å². The van der Waals surface area contributed by atoms with E-state index in [0.717, 1.165) is 5.56 Å². The molecule has 3 aromatic rings. The molecule has 0 atom stereocenters. The van der Waals surface area contributed by atoms with Crippen molar-refractivity contribution in [1.82, 2.24) is 0 Å². The molecule has 2 aromatic carbocycles. The largest absolute Gasteiger partial charge is 0.489 e. The highest BCUT2D eigenvalue weighted by Crippen LogP contribution is 2.19. The Morgan fingerprint density at radius 3 is 2.48 bits per heavy atom. The van der Waals surface area contributed by atoms with Gasteiger partial charge in [-0.3, -0.25) is 4.79 Å². The van der Waals surface area contributed by atoms with Gasteiger partial charge in [0.05, 0.1) is 16.5 Å². The maximum Gasteiger partial charge on any atom is 0.238 e. The van der Waals surface area contributed by atoms with Crippen LogP contribution in [0.3, 0.4) is 0 Å². The standard InChI is InChI=1S/C16H13NO5S/c17-23(19,20)13-4-1-11(2-5-13)10-22-12-3-6-14-15(18)7-8-21-16(14)9-12/h1-9H,10H2,(H2,17,19,20). The Hall–Kier alpha value is -2.64. The van der Waals surface area contributed by atoms with E-state index in [1.54, 1.807) is 30.3 Å². The van der Waals surface area contributed by atoms with Crippen molar-refractivity contribution in [2.75, 3.05) is 0 Å². The van der Waals surface area contributed by atoms with Gasteiger partial charge in [0.2, 0.25) is 10.0 Å². The fraction of sp³-hybridized carbons (Fsp3) is 0.0625. The number of nitrogens with two attached hydrogens (primary N) is 1. The molecular formula is C16H13NO5S. The minimum Gasteiger partial charge on any atom is -0.489 e. The Bertz CT molecular complexity index is 1010. The van der Waals surface area contributed by atoms with Gasteiger partial charge in [0.15, 0.2) is 5.43 Å². The molecule has 0 radical (unpaired) electrons. The first kappa shape index (κ1) is 15.3. The molecule has 0 fully saturated rings. The molecular weight excluding hydrogens is 318 g/mol. The molecule has 0 aliphatic carbocycles. The van der Waals surface area contributed by atoms with Gasteiger partial charge in [-0.25, -0.2) is 13.6 Å². The van der Waals surface area contributed by atoms with Crippen LogP contribution in [0.4, 0.5) is 0 Å². The SMILES string of the molecule is NS(=O)(=O)c1ccc(COc2ccc3c(=O)ccoc3c2)cc1. The van der Waals surface area contributed by atoms with Crippen molar-refractivity contribution in [3.05, 3.63) is 70.6 Å². The molecule has 0 amide bonds. The number of hydrogen-bond donors (Lipinski definition) is 1. The van der Waals surface area contributed by atoms with E-state index in [2.05, 4.69) is 0 Å². The fourth-order valence-electron chi connectivity index (χ4n) is 2.09. The molecule has 1 heterocycles. The van der Waals surface area contributed by atoms with Crippen LogP contribution in [0.15, 0.2) is 68.9 Å². The van der Waals surface area contributed by atoms with E-state index in [4.69, 9.17) is 14.3 Å². The predicted molar refractivity (Wildman–Crippen MR) is 84.6 cm³/mol. The molecule has 0 saturated carbocycles. The molecule has 7 heteroatoms. The van der Waals surface area contributed by atoms with Crippen LogP contribution in [0.1, 0.15) is 5.56 Å². The van der Waals surface area contributed by atoms with E-state index < -0.39 is 10.0 Å². The average Bonchev–Trinajstić information content (AvgIpc) is 2.52. The lowest BCUT2D eigenvalue weighted by molar-refractivity contribution is 0.306. The van der Waals surface area contributed by atoms with Gasteiger partial charge in [-0.15, -0.1) is 0 Å². The van der Waals surface area contributed by atoms with Crippen LogP contribution in [0.5, 0.6) is 5.75 Å². The lowest BCUT2D eigenvalue weighted by atomic mass is 10.2. The van der Waals surface area contributed by atoms with Gasteiger partial charge in [0.25, 0.3) is 0 Å². The Labute approximate surface area is 132 Å². The van der Waals surface area contributed by atoms with Gasteiger partial charge in [-0.05, 0) is 29.8 Å². The van der Waals surface area contributed by atoms with Crippen LogP contribution >= 0.6 is 0 Å². The molecule has 0 spiro atoms. The van der Waals surface area contributed by atoms with Crippen molar-refractivity contribution < 1.29 is 17.6 Å². The fourth-order valence-corrected chi connectivity index (χ4v) is 2.61. The van der Waals surface area contributed by atoms with Crippen molar-refractivity contribution in [2.24, 2.45) is 5.14 Å². The van der Waals surface area contributed by atoms with Gasteiger partial charge in [-0.2, -0.15) is 0 Å². The zero-order chi connectivity index (χ0) is 16.4. The van der Waals surface area contributed by atoms with Crippen LogP contribution in [-0.4, -0.2) is 8.42 Å². The minimum absolute atomic E-state index is 0.0498. The minimum atomic E-state index is -3.70. The van der Waals surface area contributed by atoms with Gasteiger partial charge in [0.1, 0.15) is 17.9 Å². The summed E-state index contributed by atoms with van der Waals surface area (Å²) < 4.78 is 33.3. The highest BCUT2D eigenvalue weighted by molar-refractivity contribution is 7.89. The third-order valence-corrected chi connectivity index (χ3v) is 4.22. The lowest BCUT2D eigenvalue weighted by Crippen LogP contribution is -2.12. The highest BCUT2D eigenvalue weighted by atomic mass is 32.2. The molecule has 0 bridgehead atoms. The first-order chi connectivity index (χ1) is 10.9. The van der Waals surface area contributed by atoms with Gasteiger partial charge < -0.3 is 9.15 Å². The summed E-state index contributed by atoms with van der Waals surface area (Å²) in [6.07, 6.45) is 1.33. The van der Waals surface area contributed by atoms with Crippen LogP contribution in [0.2, 0.25) is 0 Å². The second kappa shape index (κ2) is 5.86. The van der Waals surface area contributed by atoms with E-state index >= 15 is 0 Å². The van der Waals surface area contributed by atoms with E-state index in [1.165, 1.54) is 24.5 Å². The van der Waals surface area contributed by atoms with E-state index in [9.17, 15) is 13.2 Å². The van der Waals surface area contributed by atoms with Crippen LogP contribution in [0.25, 0.3) is 11.0 Å². The summed E-state index contributed by atoms with van der Waals surface area (Å²) >= 11 is 0. The number of primary sulfonamides is 1. The van der Waals surface area contributed by atoms with Gasteiger partial charge in [-0.1, -0.05) is 12.1 Å². The summed E-state index contributed by atoms with van der Waals surface area (Å²) in [7, 11) is -3.70. The van der Waals surface area contributed by atoms with Crippen LogP contribution < -0.4 is 15.3 Å². The second-order valence-electron chi connectivity index (χ2n) is 4.92. The normalized spacial score (nSPS) is 11.5. The second-order valence-corrected chi connectivity index (χ2v) is 6.48. The van der Waals surface area contributed by atoms with Crippen LogP contribution in [-0.2, 0) is 16.6 Å². The molecule has 1 aromatic heterocycles. The summed E-state index contributed by atoms with van der Waals surface area (Å²) in [4.78, 5) is 11.7. The maximum absolute atomic E-state index is 11.6. The summed E-state index contributed by atoms with van der Waals surface area (Å²) in [5.41, 5.74) is 1.11. The van der Waals surface area contributed by atoms with E-state index in [1.807, 2.05) is 0 Å². The molecule has 6 nitrogen and oxygen atoms in total. The van der Waals surface area contributed by atoms with Crippen molar-refractivity contribution in [3.63, 3.8) is 0 Å². The Morgan fingerprint density at radius 1 is 1.04 bits per heavy atom. The van der Waals surface area contributed by atoms with Crippen LogP contribution in [0, 0.1) is 0 Å². The van der Waals surface area contributed by atoms with Crippen molar-refractivity contribution >= 4 is 21.0 Å². The van der Waals surface area contributed by atoms with Gasteiger partial charge in [0, 0.05) is 12.1 Å². The smallest absolute Gasteiger partial charge is 0.238 e. The number of sulfonamides is 1. The quantitative estimate of drug-likeness (QED) is 0.788. The molecule has 0 aliphatic heterocycles. The molecule has 2 N–H and O–H groups in total.